The number of hydrogen-bond donors (Lipinski definition) is 3. The Morgan fingerprint density at radius 2 is 1.97 bits per heavy atom. The van der Waals surface area contributed by atoms with E-state index in [0.29, 0.717) is 11.4 Å². The number of allylic oxidation sites excluding steroid dienone is 1. The predicted molar refractivity (Wildman–Crippen MR) is 147 cm³/mol. The lowest BCUT2D eigenvalue weighted by Gasteiger charge is -2.28. The van der Waals surface area contributed by atoms with Crippen LogP contribution in [0.15, 0.2) is 70.2 Å². The largest absolute Gasteiger partial charge is 0.365 e. The topological polar surface area (TPSA) is 101 Å². The number of carbonyl (C=O) groups excluding carboxylic acids is 1. The number of H-pyrrole nitrogens is 1. The summed E-state index contributed by atoms with van der Waals surface area (Å²) in [7, 11) is 0. The van der Waals surface area contributed by atoms with Crippen LogP contribution in [0.25, 0.3) is 22.2 Å². The lowest BCUT2D eigenvalue weighted by atomic mass is 9.77. The zero-order valence-electron chi connectivity index (χ0n) is 19.1. The summed E-state index contributed by atoms with van der Waals surface area (Å²) in [5.74, 6) is 1.03. The minimum Gasteiger partial charge on any atom is -0.365 e. The zero-order chi connectivity index (χ0) is 24.2. The number of primary amides is 1. The fourth-order valence-electron chi connectivity index (χ4n) is 4.24. The summed E-state index contributed by atoms with van der Waals surface area (Å²) >= 11 is 3.41. The normalized spacial score (nSPS) is 14.9. The van der Waals surface area contributed by atoms with E-state index in [-0.39, 0.29) is 5.56 Å². The number of thiazole rings is 1. The third-order valence-corrected chi connectivity index (χ3v) is 7.86. The van der Waals surface area contributed by atoms with Crippen LogP contribution >= 0.6 is 23.1 Å². The predicted octanol–water partition coefficient (Wildman–Crippen LogP) is 6.40. The molecule has 8 heteroatoms. The van der Waals surface area contributed by atoms with Crippen LogP contribution in [-0.2, 0) is 0 Å². The number of aromatic amines is 1. The van der Waals surface area contributed by atoms with E-state index in [1.54, 1.807) is 6.07 Å². The van der Waals surface area contributed by atoms with Gasteiger partial charge in [-0.05, 0) is 59.7 Å². The average Bonchev–Trinajstić information content (AvgIpc) is 3.54. The van der Waals surface area contributed by atoms with Crippen molar-refractivity contribution in [3.63, 3.8) is 0 Å². The molecule has 2 aromatic heterocycles. The lowest BCUT2D eigenvalue weighted by Crippen LogP contribution is -2.23. The smallest absolute Gasteiger partial charge is 0.261 e. The summed E-state index contributed by atoms with van der Waals surface area (Å²) in [6.45, 7) is 0. The van der Waals surface area contributed by atoms with E-state index in [2.05, 4.69) is 27.9 Å². The Balaban J connectivity index is 0.000000453. The highest BCUT2D eigenvalue weighted by molar-refractivity contribution is 8.02. The summed E-state index contributed by atoms with van der Waals surface area (Å²) in [4.78, 5) is 31.8. The van der Waals surface area contributed by atoms with Crippen molar-refractivity contribution in [1.82, 2.24) is 9.97 Å². The van der Waals surface area contributed by atoms with Gasteiger partial charge in [-0.1, -0.05) is 42.8 Å². The van der Waals surface area contributed by atoms with E-state index in [0.717, 1.165) is 40.3 Å². The van der Waals surface area contributed by atoms with Crippen molar-refractivity contribution >= 4 is 50.7 Å². The van der Waals surface area contributed by atoms with Crippen molar-refractivity contribution in [1.29, 1.82) is 0 Å². The molecule has 1 amide bonds. The van der Waals surface area contributed by atoms with E-state index < -0.39 is 11.5 Å². The highest BCUT2D eigenvalue weighted by Gasteiger charge is 2.26. The van der Waals surface area contributed by atoms with Gasteiger partial charge in [0.15, 0.2) is 5.13 Å². The number of para-hydroxylation sites is 1. The maximum Gasteiger partial charge on any atom is 0.261 e. The monoisotopic (exact) mass is 502 g/mol. The Bertz CT molecular complexity index is 1430. The van der Waals surface area contributed by atoms with Gasteiger partial charge in [-0.15, -0.1) is 23.1 Å². The van der Waals surface area contributed by atoms with Crippen LogP contribution in [-0.4, -0.2) is 21.6 Å². The first-order valence-electron chi connectivity index (χ1n) is 11.6. The quantitative estimate of drug-likeness (QED) is 0.293. The van der Waals surface area contributed by atoms with Crippen molar-refractivity contribution < 1.29 is 4.79 Å². The van der Waals surface area contributed by atoms with Crippen LogP contribution in [0, 0.1) is 0 Å². The molecule has 1 fully saturated rings. The Labute approximate surface area is 211 Å². The number of benzene rings is 2. The molecule has 0 saturated heterocycles. The maximum absolute atomic E-state index is 12.5. The number of amides is 1. The molecule has 6 rings (SSSR count). The third-order valence-electron chi connectivity index (χ3n) is 6.24. The average molecular weight is 503 g/mol. The summed E-state index contributed by atoms with van der Waals surface area (Å²) in [5.41, 5.74) is 9.46. The second-order valence-corrected chi connectivity index (χ2v) is 10.4. The highest BCUT2D eigenvalue weighted by atomic mass is 32.2. The number of pyridine rings is 1. The number of nitrogens with zero attached hydrogens (tertiary/aromatic N) is 1. The minimum absolute atomic E-state index is 0.0328. The van der Waals surface area contributed by atoms with Crippen LogP contribution in [0.2, 0.25) is 0 Å². The van der Waals surface area contributed by atoms with Gasteiger partial charge in [-0.3, -0.25) is 9.59 Å². The summed E-state index contributed by atoms with van der Waals surface area (Å²) in [6.07, 6.45) is 6.94. The van der Waals surface area contributed by atoms with Crippen LogP contribution < -0.4 is 16.6 Å². The first kappa shape index (κ1) is 23.4. The molecule has 178 valence electrons. The molecular weight excluding hydrogens is 476 g/mol. The zero-order valence-corrected chi connectivity index (χ0v) is 20.8. The molecule has 1 aliphatic carbocycles. The molecular formula is C27H26N4O2S2. The Kier molecular flexibility index (Phi) is 7.01. The van der Waals surface area contributed by atoms with Gasteiger partial charge >= 0.3 is 0 Å². The molecule has 0 spiro atoms. The molecule has 0 radical (unpaired) electrons. The van der Waals surface area contributed by atoms with Crippen molar-refractivity contribution in [2.24, 2.45) is 5.73 Å². The molecule has 4 aromatic rings. The molecule has 0 bridgehead atoms. The van der Waals surface area contributed by atoms with E-state index >= 15 is 0 Å². The van der Waals surface area contributed by atoms with Crippen molar-refractivity contribution in [3.8, 4) is 11.3 Å². The Hall–Kier alpha value is -3.36. The highest BCUT2D eigenvalue weighted by Crippen LogP contribution is 2.44. The van der Waals surface area contributed by atoms with Gasteiger partial charge in [-0.25, -0.2) is 4.98 Å². The number of aromatic nitrogens is 2. The molecule has 0 unspecified atom stereocenters. The number of fused-ring (bicyclic) bond motifs is 1. The Morgan fingerprint density at radius 3 is 2.60 bits per heavy atom. The molecule has 0 atom stereocenters. The van der Waals surface area contributed by atoms with Gasteiger partial charge in [0.1, 0.15) is 5.56 Å². The van der Waals surface area contributed by atoms with Crippen molar-refractivity contribution in [3.05, 3.63) is 86.9 Å². The molecule has 1 aliphatic heterocycles. The van der Waals surface area contributed by atoms with E-state index in [4.69, 9.17) is 10.7 Å². The van der Waals surface area contributed by atoms with Crippen LogP contribution in [0.5, 0.6) is 0 Å². The molecule has 2 aromatic carbocycles. The van der Waals surface area contributed by atoms with E-state index in [1.807, 2.05) is 53.5 Å². The number of thioether (sulfide) groups is 1. The number of nitrogens with two attached hydrogens (primary N) is 1. The minimum atomic E-state index is -0.731. The van der Waals surface area contributed by atoms with Crippen LogP contribution in [0.1, 0.15) is 47.5 Å². The molecule has 3 heterocycles. The lowest BCUT2D eigenvalue weighted by molar-refractivity contribution is 0.0999. The van der Waals surface area contributed by atoms with Gasteiger partial charge < -0.3 is 16.0 Å². The van der Waals surface area contributed by atoms with E-state index in [1.165, 1.54) is 35.5 Å². The van der Waals surface area contributed by atoms with Gasteiger partial charge in [0.25, 0.3) is 11.5 Å². The van der Waals surface area contributed by atoms with Gasteiger partial charge in [0.2, 0.25) is 0 Å². The second-order valence-electron chi connectivity index (χ2n) is 8.56. The summed E-state index contributed by atoms with van der Waals surface area (Å²) in [5, 5.41) is 9.04. The van der Waals surface area contributed by atoms with Gasteiger partial charge in [-0.2, -0.15) is 0 Å². The van der Waals surface area contributed by atoms with Crippen molar-refractivity contribution in [2.45, 2.75) is 31.6 Å². The third kappa shape index (κ3) is 5.18. The van der Waals surface area contributed by atoms with Gasteiger partial charge in [0, 0.05) is 22.4 Å². The molecule has 2 aliphatic rings. The number of nitrogens with one attached hydrogen (secondary N) is 2. The Morgan fingerprint density at radius 1 is 1.14 bits per heavy atom. The molecule has 1 saturated carbocycles. The number of hydrogen-bond acceptors (Lipinski definition) is 6. The molecule has 6 nitrogen and oxygen atoms in total. The fourth-order valence-corrected chi connectivity index (χ4v) is 5.64. The SMILES string of the molecule is C1=CSCC1.NC(=O)c1cc2ccc(C3CCC3)c(-c3csc(Nc4ccccc4)n3)c2[nH]c1=O. The first-order valence-corrected chi connectivity index (χ1v) is 13.6. The summed E-state index contributed by atoms with van der Waals surface area (Å²) in [6, 6.07) is 15.5. The summed E-state index contributed by atoms with van der Waals surface area (Å²) < 4.78 is 0. The van der Waals surface area contributed by atoms with Crippen LogP contribution in [0.4, 0.5) is 10.8 Å². The number of carbonyl (C=O) groups is 1. The van der Waals surface area contributed by atoms with Gasteiger partial charge in [0.05, 0.1) is 11.2 Å². The molecule has 4 N–H and O–H groups in total. The van der Waals surface area contributed by atoms with Crippen molar-refractivity contribution in [2.75, 3.05) is 11.1 Å². The number of rotatable bonds is 5. The van der Waals surface area contributed by atoms with E-state index in [9.17, 15) is 9.59 Å². The van der Waals surface area contributed by atoms with Crippen LogP contribution in [0.3, 0.4) is 0 Å². The number of anilines is 2. The first-order chi connectivity index (χ1) is 17.1. The fraction of sp³-hybridized carbons (Fsp3) is 0.222. The second kappa shape index (κ2) is 10.5. The standard InChI is InChI=1S/C23H20N4O2S.C4H6S/c24-21(28)17-11-14-9-10-16(13-5-4-6-13)19(20(14)27-22(17)29)18-12-30-23(26-18)25-15-7-2-1-3-8-15;1-2-4-5-3-1/h1-3,7-13H,4-6H2,(H2,24,28)(H,25,26)(H,27,29);1,3H,2,4H2. The molecule has 35 heavy (non-hydrogen) atoms. The maximum atomic E-state index is 12.5.